The van der Waals surface area contributed by atoms with E-state index in [2.05, 4.69) is 16.8 Å². The van der Waals surface area contributed by atoms with Crippen LogP contribution >= 0.6 is 11.8 Å². The van der Waals surface area contributed by atoms with Gasteiger partial charge in [-0.25, -0.2) is 4.68 Å². The van der Waals surface area contributed by atoms with E-state index in [0.29, 0.717) is 11.0 Å². The molecule has 0 aliphatic rings. The quantitative estimate of drug-likeness (QED) is 0.507. The van der Waals surface area contributed by atoms with Crippen LogP contribution < -0.4 is 10.6 Å². The lowest BCUT2D eigenvalue weighted by atomic mass is 10.2. The monoisotopic (exact) mass is 262 g/mol. The Kier molecular flexibility index (Phi) is 3.88. The fourth-order valence-corrected chi connectivity index (χ4v) is 2.04. The highest BCUT2D eigenvalue weighted by Gasteiger charge is 2.11. The van der Waals surface area contributed by atoms with Gasteiger partial charge in [0.1, 0.15) is 5.75 Å². The van der Waals surface area contributed by atoms with E-state index >= 15 is 0 Å². The number of nitrogen functional groups attached to an aromatic ring is 1. The first kappa shape index (κ1) is 12.5. The predicted octanol–water partition coefficient (Wildman–Crippen LogP) is 1.95. The van der Waals surface area contributed by atoms with Gasteiger partial charge in [-0.3, -0.25) is 0 Å². The van der Waals surface area contributed by atoms with Crippen LogP contribution in [0.5, 0.6) is 5.75 Å². The Morgan fingerprint density at radius 1 is 1.39 bits per heavy atom. The summed E-state index contributed by atoms with van der Waals surface area (Å²) in [6, 6.07) is 7.52. The van der Waals surface area contributed by atoms with Gasteiger partial charge in [0.05, 0.1) is 7.11 Å². The van der Waals surface area contributed by atoms with Crippen LogP contribution in [0.3, 0.4) is 0 Å². The molecule has 1 aromatic heterocycles. The second-order valence-electron chi connectivity index (χ2n) is 3.50. The van der Waals surface area contributed by atoms with E-state index in [-0.39, 0.29) is 0 Å². The molecule has 2 N–H and O–H groups in total. The van der Waals surface area contributed by atoms with Crippen molar-refractivity contribution >= 4 is 11.8 Å². The van der Waals surface area contributed by atoms with Crippen molar-refractivity contribution < 1.29 is 4.74 Å². The van der Waals surface area contributed by atoms with Crippen molar-refractivity contribution in [3.63, 3.8) is 0 Å². The van der Waals surface area contributed by atoms with Crippen LogP contribution in [0.25, 0.3) is 11.4 Å². The zero-order valence-corrected chi connectivity index (χ0v) is 10.9. The third-order valence-electron chi connectivity index (χ3n) is 2.34. The van der Waals surface area contributed by atoms with Crippen LogP contribution in [0.15, 0.2) is 42.1 Å². The van der Waals surface area contributed by atoms with E-state index in [1.807, 2.05) is 24.3 Å². The van der Waals surface area contributed by atoms with E-state index in [1.165, 1.54) is 16.4 Å². The van der Waals surface area contributed by atoms with Crippen molar-refractivity contribution in [3.8, 4) is 17.1 Å². The maximum absolute atomic E-state index is 5.95. The fourth-order valence-electron chi connectivity index (χ4n) is 1.45. The average molecular weight is 262 g/mol. The van der Waals surface area contributed by atoms with Gasteiger partial charge in [-0.2, -0.15) is 0 Å². The summed E-state index contributed by atoms with van der Waals surface area (Å²) in [5.74, 6) is 8.12. The number of nitrogens with zero attached hydrogens (tertiary/aromatic N) is 3. The van der Waals surface area contributed by atoms with Crippen LogP contribution in [0.2, 0.25) is 0 Å². The smallest absolute Gasteiger partial charge is 0.210 e. The number of hydrogen-bond acceptors (Lipinski definition) is 5. The highest BCUT2D eigenvalue weighted by Crippen LogP contribution is 2.23. The molecule has 0 aliphatic heterocycles. The van der Waals surface area contributed by atoms with E-state index < -0.39 is 0 Å². The lowest BCUT2D eigenvalue weighted by Crippen LogP contribution is -2.11. The number of nitrogens with two attached hydrogens (primary N) is 1. The van der Waals surface area contributed by atoms with Gasteiger partial charge < -0.3 is 10.6 Å². The van der Waals surface area contributed by atoms with Gasteiger partial charge in [-0.05, 0) is 24.3 Å². The number of methoxy groups -OCH3 is 1. The Morgan fingerprint density at radius 3 is 2.72 bits per heavy atom. The third kappa shape index (κ3) is 2.48. The van der Waals surface area contributed by atoms with E-state index in [0.717, 1.165) is 17.1 Å². The molecule has 0 radical (unpaired) electrons. The van der Waals surface area contributed by atoms with Crippen molar-refractivity contribution in [2.24, 2.45) is 0 Å². The molecule has 0 spiro atoms. The number of thioether (sulfide) groups is 1. The summed E-state index contributed by atoms with van der Waals surface area (Å²) in [6.45, 7) is 3.66. The SMILES string of the molecule is C=CCSc1nnc(-c2ccc(OC)cc2)n1N. The van der Waals surface area contributed by atoms with Crippen LogP contribution in [0.1, 0.15) is 0 Å². The molecule has 94 valence electrons. The summed E-state index contributed by atoms with van der Waals surface area (Å²) in [6.07, 6.45) is 1.80. The summed E-state index contributed by atoms with van der Waals surface area (Å²) in [5.41, 5.74) is 0.899. The maximum atomic E-state index is 5.95. The maximum Gasteiger partial charge on any atom is 0.210 e. The molecule has 0 unspecified atom stereocenters. The molecule has 2 rings (SSSR count). The molecule has 1 aromatic carbocycles. The van der Waals surface area contributed by atoms with Crippen LogP contribution in [0.4, 0.5) is 0 Å². The molecule has 0 bridgehead atoms. The standard InChI is InChI=1S/C12H14N4OS/c1-3-8-18-12-15-14-11(16(12)13)9-4-6-10(17-2)7-5-9/h3-7H,1,8,13H2,2H3. The molecular formula is C12H14N4OS. The Bertz CT molecular complexity index is 536. The lowest BCUT2D eigenvalue weighted by molar-refractivity contribution is 0.415. The van der Waals surface area contributed by atoms with Gasteiger partial charge >= 0.3 is 0 Å². The van der Waals surface area contributed by atoms with E-state index in [1.54, 1.807) is 13.2 Å². The minimum atomic E-state index is 0.629. The molecule has 0 aliphatic carbocycles. The Labute approximate surface area is 110 Å². The van der Waals surface area contributed by atoms with Gasteiger partial charge in [0.2, 0.25) is 5.16 Å². The first-order valence-electron chi connectivity index (χ1n) is 5.35. The summed E-state index contributed by atoms with van der Waals surface area (Å²) in [4.78, 5) is 0. The largest absolute Gasteiger partial charge is 0.497 e. The molecule has 0 saturated heterocycles. The molecule has 0 fully saturated rings. The summed E-state index contributed by atoms with van der Waals surface area (Å²) >= 11 is 1.49. The number of benzene rings is 1. The minimum Gasteiger partial charge on any atom is -0.497 e. The Morgan fingerprint density at radius 2 is 2.11 bits per heavy atom. The van der Waals surface area contributed by atoms with Crippen molar-refractivity contribution in [2.75, 3.05) is 18.7 Å². The second-order valence-corrected chi connectivity index (χ2v) is 4.49. The molecule has 1 heterocycles. The van der Waals surface area contributed by atoms with Crippen LogP contribution in [-0.4, -0.2) is 27.7 Å². The third-order valence-corrected chi connectivity index (χ3v) is 3.28. The lowest BCUT2D eigenvalue weighted by Gasteiger charge is -2.04. The first-order chi connectivity index (χ1) is 8.76. The van der Waals surface area contributed by atoms with E-state index in [4.69, 9.17) is 10.6 Å². The molecule has 0 amide bonds. The highest BCUT2D eigenvalue weighted by atomic mass is 32.2. The number of ether oxygens (including phenoxy) is 1. The molecule has 0 atom stereocenters. The van der Waals surface area contributed by atoms with E-state index in [9.17, 15) is 0 Å². The zero-order valence-electron chi connectivity index (χ0n) is 10.0. The summed E-state index contributed by atoms with van der Waals surface area (Å²) < 4.78 is 6.59. The summed E-state index contributed by atoms with van der Waals surface area (Å²) in [7, 11) is 1.63. The van der Waals surface area contributed by atoms with Gasteiger partial charge in [0.15, 0.2) is 5.82 Å². The second kappa shape index (κ2) is 5.59. The van der Waals surface area contributed by atoms with Gasteiger partial charge in [-0.1, -0.05) is 17.8 Å². The predicted molar refractivity (Wildman–Crippen MR) is 73.1 cm³/mol. The molecular weight excluding hydrogens is 248 g/mol. The van der Waals surface area contributed by atoms with Crippen LogP contribution in [0, 0.1) is 0 Å². The van der Waals surface area contributed by atoms with Gasteiger partial charge in [0.25, 0.3) is 0 Å². The number of hydrogen-bond donors (Lipinski definition) is 1. The minimum absolute atomic E-state index is 0.629. The molecule has 5 nitrogen and oxygen atoms in total. The zero-order chi connectivity index (χ0) is 13.0. The number of rotatable bonds is 5. The molecule has 0 saturated carbocycles. The first-order valence-corrected chi connectivity index (χ1v) is 6.33. The molecule has 6 heteroatoms. The van der Waals surface area contributed by atoms with Crippen molar-refractivity contribution in [1.82, 2.24) is 14.9 Å². The van der Waals surface area contributed by atoms with Crippen molar-refractivity contribution in [1.29, 1.82) is 0 Å². The highest BCUT2D eigenvalue weighted by molar-refractivity contribution is 7.99. The molecule has 2 aromatic rings. The van der Waals surface area contributed by atoms with Crippen molar-refractivity contribution in [2.45, 2.75) is 5.16 Å². The Hall–Kier alpha value is -1.95. The normalized spacial score (nSPS) is 10.3. The topological polar surface area (TPSA) is 66.0 Å². The van der Waals surface area contributed by atoms with Gasteiger partial charge in [0, 0.05) is 11.3 Å². The fraction of sp³-hybridized carbons (Fsp3) is 0.167. The summed E-state index contributed by atoms with van der Waals surface area (Å²) in [5, 5.41) is 8.80. The number of aromatic nitrogens is 3. The van der Waals surface area contributed by atoms with Crippen molar-refractivity contribution in [3.05, 3.63) is 36.9 Å². The molecule has 18 heavy (non-hydrogen) atoms. The van der Waals surface area contributed by atoms with Gasteiger partial charge in [-0.15, -0.1) is 16.8 Å². The Balaban J connectivity index is 2.26. The average Bonchev–Trinajstić information content (AvgIpc) is 2.78. The van der Waals surface area contributed by atoms with Crippen LogP contribution in [-0.2, 0) is 0 Å².